The van der Waals surface area contributed by atoms with Crippen LogP contribution in [0, 0.1) is 0 Å². The van der Waals surface area contributed by atoms with E-state index in [4.69, 9.17) is 11.6 Å². The molecule has 0 spiro atoms. The van der Waals surface area contributed by atoms with Gasteiger partial charge in [0.1, 0.15) is 0 Å². The number of nitrogens with one attached hydrogen (secondary N) is 1. The fourth-order valence-electron chi connectivity index (χ4n) is 1.71. The molecule has 0 aromatic heterocycles. The van der Waals surface area contributed by atoms with Crippen molar-refractivity contribution in [1.29, 1.82) is 0 Å². The molecule has 0 radical (unpaired) electrons. The first-order valence-corrected chi connectivity index (χ1v) is 5.74. The molecule has 0 heterocycles. The maximum Gasteiger partial charge on any atom is 0.390 e. The van der Waals surface area contributed by atoms with Crippen molar-refractivity contribution in [2.75, 3.05) is 0 Å². The van der Waals surface area contributed by atoms with Gasteiger partial charge in [-0.05, 0) is 31.5 Å². The smallest absolute Gasteiger partial charge is 0.307 e. The lowest BCUT2D eigenvalue weighted by molar-refractivity contribution is -0.139. The van der Waals surface area contributed by atoms with E-state index in [0.29, 0.717) is 5.02 Å². The van der Waals surface area contributed by atoms with Crippen molar-refractivity contribution in [2.24, 2.45) is 0 Å². The van der Waals surface area contributed by atoms with Crippen molar-refractivity contribution >= 4 is 11.6 Å². The van der Waals surface area contributed by atoms with E-state index in [0.717, 1.165) is 5.56 Å². The molecule has 1 N–H and O–H groups in total. The summed E-state index contributed by atoms with van der Waals surface area (Å²) in [5.74, 6) is 0. The van der Waals surface area contributed by atoms with Crippen LogP contribution in [0.1, 0.15) is 31.9 Å². The minimum absolute atomic E-state index is 0.161. The van der Waals surface area contributed by atoms with E-state index in [1.807, 2.05) is 13.0 Å². The van der Waals surface area contributed by atoms with Crippen LogP contribution < -0.4 is 5.32 Å². The third kappa shape index (κ3) is 5.41. The number of hydrogen-bond acceptors (Lipinski definition) is 1. The Balaban J connectivity index is 2.57. The van der Waals surface area contributed by atoms with Crippen LogP contribution in [0.3, 0.4) is 0 Å². The summed E-state index contributed by atoms with van der Waals surface area (Å²) in [4.78, 5) is 0. The SMILES string of the molecule is CC(CC(F)(F)F)NC(C)c1cccc(Cl)c1. The molecule has 0 bridgehead atoms. The predicted octanol–water partition coefficient (Wildman–Crippen LogP) is 4.33. The summed E-state index contributed by atoms with van der Waals surface area (Å²) in [6.07, 6.45) is -4.97. The van der Waals surface area contributed by atoms with Crippen LogP contribution in [0.15, 0.2) is 24.3 Å². The molecule has 0 aliphatic carbocycles. The second-order valence-electron chi connectivity index (χ2n) is 4.16. The van der Waals surface area contributed by atoms with Gasteiger partial charge in [-0.15, -0.1) is 0 Å². The third-order valence-electron chi connectivity index (χ3n) is 2.42. The van der Waals surface area contributed by atoms with E-state index in [1.54, 1.807) is 18.2 Å². The maximum atomic E-state index is 12.2. The minimum atomic E-state index is -4.14. The maximum absolute atomic E-state index is 12.2. The number of alkyl halides is 3. The first kappa shape index (κ1) is 14.3. The summed E-state index contributed by atoms with van der Waals surface area (Å²) in [7, 11) is 0. The normalized spacial score (nSPS) is 15.6. The topological polar surface area (TPSA) is 12.0 Å². The Kier molecular flexibility index (Phi) is 4.83. The van der Waals surface area contributed by atoms with Crippen LogP contribution in [-0.2, 0) is 0 Å². The van der Waals surface area contributed by atoms with E-state index >= 15 is 0 Å². The molecular weight excluding hydrogens is 251 g/mol. The molecule has 2 atom stereocenters. The predicted molar refractivity (Wildman–Crippen MR) is 63.1 cm³/mol. The fraction of sp³-hybridized carbons (Fsp3) is 0.500. The Hall–Kier alpha value is -0.740. The van der Waals surface area contributed by atoms with E-state index in [9.17, 15) is 13.2 Å². The van der Waals surface area contributed by atoms with Gasteiger partial charge in [0.2, 0.25) is 0 Å². The van der Waals surface area contributed by atoms with Gasteiger partial charge in [0.25, 0.3) is 0 Å². The van der Waals surface area contributed by atoms with Gasteiger partial charge in [-0.25, -0.2) is 0 Å². The van der Waals surface area contributed by atoms with Crippen LogP contribution >= 0.6 is 11.6 Å². The van der Waals surface area contributed by atoms with Gasteiger partial charge < -0.3 is 5.32 Å². The van der Waals surface area contributed by atoms with E-state index in [-0.39, 0.29) is 6.04 Å². The first-order valence-electron chi connectivity index (χ1n) is 5.36. The Bertz CT molecular complexity index is 365. The van der Waals surface area contributed by atoms with Crippen molar-refractivity contribution in [3.63, 3.8) is 0 Å². The molecule has 1 nitrogen and oxygen atoms in total. The highest BCUT2D eigenvalue weighted by Gasteiger charge is 2.30. The molecule has 5 heteroatoms. The molecule has 1 rings (SSSR count). The monoisotopic (exact) mass is 265 g/mol. The molecule has 0 amide bonds. The molecule has 0 saturated heterocycles. The molecule has 1 aromatic carbocycles. The van der Waals surface area contributed by atoms with Crippen molar-refractivity contribution in [3.8, 4) is 0 Å². The molecule has 2 unspecified atom stereocenters. The second kappa shape index (κ2) is 5.74. The summed E-state index contributed by atoms with van der Waals surface area (Å²) < 4.78 is 36.5. The average Bonchev–Trinajstić information content (AvgIpc) is 2.14. The lowest BCUT2D eigenvalue weighted by Gasteiger charge is -2.21. The molecule has 17 heavy (non-hydrogen) atoms. The van der Waals surface area contributed by atoms with Gasteiger partial charge in [-0.3, -0.25) is 0 Å². The molecular formula is C12H15ClF3N. The third-order valence-corrected chi connectivity index (χ3v) is 2.66. The Morgan fingerprint density at radius 3 is 2.47 bits per heavy atom. The van der Waals surface area contributed by atoms with Crippen molar-refractivity contribution < 1.29 is 13.2 Å². The van der Waals surface area contributed by atoms with Gasteiger partial charge in [-0.1, -0.05) is 23.7 Å². The minimum Gasteiger partial charge on any atom is -0.307 e. The molecule has 96 valence electrons. The number of hydrogen-bond donors (Lipinski definition) is 1. The Morgan fingerprint density at radius 2 is 1.94 bits per heavy atom. The van der Waals surface area contributed by atoms with Crippen LogP contribution in [0.2, 0.25) is 5.02 Å². The molecule has 1 aromatic rings. The summed E-state index contributed by atoms with van der Waals surface area (Å²) in [6, 6.07) is 6.32. The van der Waals surface area contributed by atoms with Crippen molar-refractivity contribution in [3.05, 3.63) is 34.9 Å². The van der Waals surface area contributed by atoms with Crippen molar-refractivity contribution in [2.45, 2.75) is 38.5 Å². The Labute approximate surface area is 104 Å². The van der Waals surface area contributed by atoms with Gasteiger partial charge in [0.15, 0.2) is 0 Å². The zero-order valence-corrected chi connectivity index (χ0v) is 10.4. The zero-order chi connectivity index (χ0) is 13.1. The molecule has 0 aliphatic heterocycles. The summed E-state index contributed by atoms with van der Waals surface area (Å²) in [5, 5.41) is 3.48. The second-order valence-corrected chi connectivity index (χ2v) is 4.60. The van der Waals surface area contributed by atoms with Gasteiger partial charge in [-0.2, -0.15) is 13.2 Å². The van der Waals surface area contributed by atoms with Crippen LogP contribution in [0.5, 0.6) is 0 Å². The standard InChI is InChI=1S/C12H15ClF3N/c1-8(7-12(14,15)16)17-9(2)10-4-3-5-11(13)6-10/h3-6,8-9,17H,7H2,1-2H3. The number of rotatable bonds is 4. The lowest BCUT2D eigenvalue weighted by Crippen LogP contribution is -2.33. The van der Waals surface area contributed by atoms with Gasteiger partial charge in [0.05, 0.1) is 6.42 Å². The van der Waals surface area contributed by atoms with Crippen LogP contribution in [0.4, 0.5) is 13.2 Å². The largest absolute Gasteiger partial charge is 0.390 e. The molecule has 0 saturated carbocycles. The van der Waals surface area contributed by atoms with E-state index in [2.05, 4.69) is 5.32 Å². The van der Waals surface area contributed by atoms with Gasteiger partial charge >= 0.3 is 6.18 Å². The summed E-state index contributed by atoms with van der Waals surface area (Å²) >= 11 is 5.82. The highest BCUT2D eigenvalue weighted by Crippen LogP contribution is 2.23. The highest BCUT2D eigenvalue weighted by molar-refractivity contribution is 6.30. The van der Waals surface area contributed by atoms with Crippen molar-refractivity contribution in [1.82, 2.24) is 5.32 Å². The summed E-state index contributed by atoms with van der Waals surface area (Å²) in [6.45, 7) is 3.34. The number of halogens is 4. The molecule has 0 fully saturated rings. The quantitative estimate of drug-likeness (QED) is 0.854. The van der Waals surface area contributed by atoms with Crippen LogP contribution in [0.25, 0.3) is 0 Å². The van der Waals surface area contributed by atoms with Gasteiger partial charge in [0, 0.05) is 17.1 Å². The fourth-order valence-corrected chi connectivity index (χ4v) is 1.90. The summed E-state index contributed by atoms with van der Waals surface area (Å²) in [5.41, 5.74) is 0.881. The zero-order valence-electron chi connectivity index (χ0n) is 9.68. The lowest BCUT2D eigenvalue weighted by atomic mass is 10.1. The number of benzene rings is 1. The first-order chi connectivity index (χ1) is 7.78. The van der Waals surface area contributed by atoms with E-state index < -0.39 is 18.6 Å². The highest BCUT2D eigenvalue weighted by atomic mass is 35.5. The average molecular weight is 266 g/mol. The van der Waals surface area contributed by atoms with E-state index in [1.165, 1.54) is 6.92 Å². The van der Waals surface area contributed by atoms with Crippen LogP contribution in [-0.4, -0.2) is 12.2 Å². The Morgan fingerprint density at radius 1 is 1.29 bits per heavy atom. The molecule has 0 aliphatic rings.